The molecule has 4 nitrogen and oxygen atoms in total. The van der Waals surface area contributed by atoms with Gasteiger partial charge in [-0.25, -0.2) is 4.98 Å². The van der Waals surface area contributed by atoms with E-state index in [1.54, 1.807) is 18.3 Å². The number of hydrogen-bond acceptors (Lipinski definition) is 3. The van der Waals surface area contributed by atoms with Crippen LogP contribution in [-0.4, -0.2) is 23.5 Å². The highest BCUT2D eigenvalue weighted by molar-refractivity contribution is 6.33. The maximum absolute atomic E-state index is 11.5. The number of pyridine rings is 1. The zero-order valence-corrected chi connectivity index (χ0v) is 10.2. The van der Waals surface area contributed by atoms with E-state index in [0.29, 0.717) is 16.9 Å². The molecular formula is C11H16ClN3O. The number of carbonyl (C=O) groups is 1. The van der Waals surface area contributed by atoms with E-state index in [2.05, 4.69) is 22.5 Å². The van der Waals surface area contributed by atoms with Crippen molar-refractivity contribution < 1.29 is 4.79 Å². The third-order valence-corrected chi connectivity index (χ3v) is 2.54. The van der Waals surface area contributed by atoms with Crippen LogP contribution in [0.1, 0.15) is 20.3 Å². The van der Waals surface area contributed by atoms with E-state index < -0.39 is 0 Å². The van der Waals surface area contributed by atoms with Gasteiger partial charge in [0.05, 0.1) is 11.6 Å². The quantitative estimate of drug-likeness (QED) is 0.830. The van der Waals surface area contributed by atoms with Crippen molar-refractivity contribution in [1.82, 2.24) is 10.3 Å². The summed E-state index contributed by atoms with van der Waals surface area (Å²) in [6.45, 7) is 4.36. The number of nitrogens with zero attached hydrogens (tertiary/aromatic N) is 1. The van der Waals surface area contributed by atoms with Crippen LogP contribution in [0.3, 0.4) is 0 Å². The number of anilines is 1. The molecule has 1 heterocycles. The van der Waals surface area contributed by atoms with Crippen molar-refractivity contribution in [2.45, 2.75) is 26.3 Å². The fourth-order valence-electron chi connectivity index (χ4n) is 1.07. The van der Waals surface area contributed by atoms with E-state index in [1.165, 1.54) is 0 Å². The van der Waals surface area contributed by atoms with Crippen LogP contribution in [0.2, 0.25) is 5.02 Å². The normalized spacial score (nSPS) is 12.2. The molecule has 1 amide bonds. The molecule has 1 unspecified atom stereocenters. The van der Waals surface area contributed by atoms with Crippen LogP contribution >= 0.6 is 11.6 Å². The maximum Gasteiger partial charge on any atom is 0.239 e. The first kappa shape index (κ1) is 12.9. The smallest absolute Gasteiger partial charge is 0.239 e. The van der Waals surface area contributed by atoms with E-state index >= 15 is 0 Å². The zero-order valence-electron chi connectivity index (χ0n) is 9.46. The van der Waals surface area contributed by atoms with Gasteiger partial charge in [-0.05, 0) is 25.5 Å². The molecule has 16 heavy (non-hydrogen) atoms. The summed E-state index contributed by atoms with van der Waals surface area (Å²) in [5, 5.41) is 6.18. The first-order chi connectivity index (χ1) is 7.63. The van der Waals surface area contributed by atoms with Gasteiger partial charge >= 0.3 is 0 Å². The fourth-order valence-corrected chi connectivity index (χ4v) is 1.23. The van der Waals surface area contributed by atoms with Crippen LogP contribution in [0.4, 0.5) is 5.82 Å². The molecule has 0 aliphatic heterocycles. The monoisotopic (exact) mass is 241 g/mol. The Morgan fingerprint density at radius 2 is 2.38 bits per heavy atom. The van der Waals surface area contributed by atoms with Crippen LogP contribution in [0.5, 0.6) is 0 Å². The molecule has 0 saturated carbocycles. The number of halogens is 1. The summed E-state index contributed by atoms with van der Waals surface area (Å²) in [7, 11) is 0. The molecule has 0 radical (unpaired) electrons. The van der Waals surface area contributed by atoms with Gasteiger partial charge in [-0.3, -0.25) is 4.79 Å². The van der Waals surface area contributed by atoms with E-state index in [9.17, 15) is 4.79 Å². The Balaban J connectivity index is 2.43. The molecule has 0 aliphatic rings. The van der Waals surface area contributed by atoms with Crippen molar-refractivity contribution in [1.29, 1.82) is 0 Å². The minimum Gasteiger partial charge on any atom is -0.308 e. The topological polar surface area (TPSA) is 54.0 Å². The van der Waals surface area contributed by atoms with Gasteiger partial charge in [-0.2, -0.15) is 0 Å². The van der Waals surface area contributed by atoms with E-state index in [4.69, 9.17) is 11.6 Å². The van der Waals surface area contributed by atoms with Gasteiger partial charge in [-0.1, -0.05) is 18.5 Å². The molecule has 0 aromatic carbocycles. The first-order valence-corrected chi connectivity index (χ1v) is 5.65. The molecule has 1 atom stereocenters. The SMILES string of the molecule is CCC(C)NCC(=O)Nc1ncccc1Cl. The summed E-state index contributed by atoms with van der Waals surface area (Å²) in [6.07, 6.45) is 2.57. The van der Waals surface area contributed by atoms with E-state index in [1.807, 2.05) is 6.92 Å². The highest BCUT2D eigenvalue weighted by atomic mass is 35.5. The van der Waals surface area contributed by atoms with Gasteiger partial charge in [0.15, 0.2) is 5.82 Å². The molecule has 88 valence electrons. The molecular weight excluding hydrogens is 226 g/mol. The number of rotatable bonds is 5. The minimum atomic E-state index is -0.138. The zero-order chi connectivity index (χ0) is 12.0. The Bertz CT molecular complexity index is 357. The Hall–Kier alpha value is -1.13. The lowest BCUT2D eigenvalue weighted by atomic mass is 10.2. The Kier molecular flexibility index (Phi) is 5.22. The second-order valence-electron chi connectivity index (χ2n) is 3.57. The molecule has 2 N–H and O–H groups in total. The Labute approximate surface area is 100 Å². The Morgan fingerprint density at radius 1 is 1.62 bits per heavy atom. The largest absolute Gasteiger partial charge is 0.308 e. The number of nitrogens with one attached hydrogen (secondary N) is 2. The van der Waals surface area contributed by atoms with Gasteiger partial charge < -0.3 is 10.6 Å². The van der Waals surface area contributed by atoms with Gasteiger partial charge in [-0.15, -0.1) is 0 Å². The molecule has 5 heteroatoms. The number of hydrogen-bond donors (Lipinski definition) is 2. The number of aromatic nitrogens is 1. The van der Waals surface area contributed by atoms with Crippen LogP contribution in [0.25, 0.3) is 0 Å². The van der Waals surface area contributed by atoms with Crippen molar-refractivity contribution in [2.75, 3.05) is 11.9 Å². The first-order valence-electron chi connectivity index (χ1n) is 5.27. The number of carbonyl (C=O) groups excluding carboxylic acids is 1. The summed E-state index contributed by atoms with van der Waals surface area (Å²) in [6, 6.07) is 3.73. The van der Waals surface area contributed by atoms with Crippen LogP contribution in [0, 0.1) is 0 Å². The summed E-state index contributed by atoms with van der Waals surface area (Å²) in [4.78, 5) is 15.5. The van der Waals surface area contributed by atoms with Crippen LogP contribution in [-0.2, 0) is 4.79 Å². The van der Waals surface area contributed by atoms with Crippen LogP contribution in [0.15, 0.2) is 18.3 Å². The van der Waals surface area contributed by atoms with Crippen molar-refractivity contribution in [3.8, 4) is 0 Å². The molecule has 0 fully saturated rings. The van der Waals surface area contributed by atoms with Crippen LogP contribution < -0.4 is 10.6 Å². The molecule has 0 bridgehead atoms. The highest BCUT2D eigenvalue weighted by Gasteiger charge is 2.07. The number of amides is 1. The molecule has 1 aromatic heterocycles. The standard InChI is InChI=1S/C11H16ClN3O/c1-3-8(2)14-7-10(16)15-11-9(12)5-4-6-13-11/h4-6,8,14H,3,7H2,1-2H3,(H,13,15,16). The summed E-state index contributed by atoms with van der Waals surface area (Å²) >= 11 is 5.86. The molecule has 0 aliphatic carbocycles. The third kappa shape index (κ3) is 4.16. The lowest BCUT2D eigenvalue weighted by Gasteiger charge is -2.11. The van der Waals surface area contributed by atoms with Gasteiger partial charge in [0.1, 0.15) is 0 Å². The predicted octanol–water partition coefficient (Wildman–Crippen LogP) is 2.06. The average Bonchev–Trinajstić information content (AvgIpc) is 2.29. The van der Waals surface area contributed by atoms with Crippen molar-refractivity contribution in [3.05, 3.63) is 23.4 Å². The molecule has 1 rings (SSSR count). The third-order valence-electron chi connectivity index (χ3n) is 2.24. The summed E-state index contributed by atoms with van der Waals surface area (Å²) in [5.74, 6) is 0.265. The summed E-state index contributed by atoms with van der Waals surface area (Å²) < 4.78 is 0. The van der Waals surface area contributed by atoms with E-state index in [0.717, 1.165) is 6.42 Å². The Morgan fingerprint density at radius 3 is 3.00 bits per heavy atom. The van der Waals surface area contributed by atoms with Gasteiger partial charge in [0, 0.05) is 12.2 Å². The average molecular weight is 242 g/mol. The maximum atomic E-state index is 11.5. The summed E-state index contributed by atoms with van der Waals surface area (Å²) in [5.41, 5.74) is 0. The van der Waals surface area contributed by atoms with Gasteiger partial charge in [0.25, 0.3) is 0 Å². The molecule has 1 aromatic rings. The van der Waals surface area contributed by atoms with Crippen molar-refractivity contribution >= 4 is 23.3 Å². The fraction of sp³-hybridized carbons (Fsp3) is 0.455. The molecule has 0 spiro atoms. The second kappa shape index (κ2) is 6.45. The van der Waals surface area contributed by atoms with E-state index in [-0.39, 0.29) is 12.5 Å². The minimum absolute atomic E-state index is 0.138. The van der Waals surface area contributed by atoms with Crippen molar-refractivity contribution in [2.24, 2.45) is 0 Å². The predicted molar refractivity (Wildman–Crippen MR) is 65.6 cm³/mol. The lowest BCUT2D eigenvalue weighted by molar-refractivity contribution is -0.115. The molecule has 0 saturated heterocycles. The lowest BCUT2D eigenvalue weighted by Crippen LogP contribution is -2.34. The second-order valence-corrected chi connectivity index (χ2v) is 3.98. The van der Waals surface area contributed by atoms with Crippen molar-refractivity contribution in [3.63, 3.8) is 0 Å². The highest BCUT2D eigenvalue weighted by Crippen LogP contribution is 2.16. The van der Waals surface area contributed by atoms with Gasteiger partial charge in [0.2, 0.25) is 5.91 Å².